The average molecular weight is 171 g/mol. The van der Waals surface area contributed by atoms with Crippen LogP contribution in [0.15, 0.2) is 0 Å². The largest absolute Gasteiger partial charge is 0.368 e. The van der Waals surface area contributed by atoms with E-state index in [9.17, 15) is 10.2 Å². The molecule has 0 bridgehead atoms. The molecule has 3 fully saturated rings. The van der Waals surface area contributed by atoms with Gasteiger partial charge in [0.05, 0.1) is 25.7 Å². The van der Waals surface area contributed by atoms with Crippen LogP contribution in [0.3, 0.4) is 0 Å². The number of rotatable bonds is 0. The van der Waals surface area contributed by atoms with E-state index in [-0.39, 0.29) is 0 Å². The Bertz CT molecular complexity index is 208. The van der Waals surface area contributed by atoms with Gasteiger partial charge in [-0.3, -0.25) is 0 Å². The van der Waals surface area contributed by atoms with Crippen LogP contribution in [0.2, 0.25) is 0 Å². The van der Waals surface area contributed by atoms with E-state index in [4.69, 9.17) is 0 Å². The lowest BCUT2D eigenvalue weighted by Crippen LogP contribution is -2.41. The summed E-state index contributed by atoms with van der Waals surface area (Å²) in [6, 6.07) is 0. The lowest BCUT2D eigenvalue weighted by atomic mass is 10.1. The van der Waals surface area contributed by atoms with Crippen molar-refractivity contribution < 1.29 is 14.6 Å². The number of hydrogen-bond acceptors (Lipinski definition) is 2. The molecule has 3 rings (SSSR count). The summed E-state index contributed by atoms with van der Waals surface area (Å²) in [6.07, 6.45) is 5.54. The van der Waals surface area contributed by atoms with Gasteiger partial charge in [0.2, 0.25) is 0 Å². The zero-order valence-corrected chi connectivity index (χ0v) is 7.12. The highest BCUT2D eigenvalue weighted by Crippen LogP contribution is 2.58. The fourth-order valence-corrected chi connectivity index (χ4v) is 3.21. The summed E-state index contributed by atoms with van der Waals surface area (Å²) in [4.78, 5) is 0. The normalized spacial score (nSPS) is 58.0. The molecule has 3 heteroatoms. The third-order valence-corrected chi connectivity index (χ3v) is 3.77. The van der Waals surface area contributed by atoms with E-state index in [1.807, 2.05) is 0 Å². The predicted octanol–water partition coefficient (Wildman–Crippen LogP) is 0.666. The Kier molecular flexibility index (Phi) is 1.13. The molecule has 0 radical (unpaired) electrons. The second-order valence-corrected chi connectivity index (χ2v) is 4.43. The van der Waals surface area contributed by atoms with Crippen LogP contribution in [0, 0.1) is 0 Å². The van der Waals surface area contributed by atoms with Crippen LogP contribution in [0.25, 0.3) is 0 Å². The average Bonchev–Trinajstić information content (AvgIpc) is 2.58. The van der Waals surface area contributed by atoms with Gasteiger partial charge in [-0.2, -0.15) is 0 Å². The molecule has 2 atom stereocenters. The Labute approximate surface area is 71.7 Å². The smallest absolute Gasteiger partial charge is 0.275 e. The first-order chi connectivity index (χ1) is 5.64. The van der Waals surface area contributed by atoms with Gasteiger partial charge in [0, 0.05) is 12.8 Å². The zero-order valence-electron chi connectivity index (χ0n) is 7.12. The molecule has 3 nitrogen and oxygen atoms in total. The van der Waals surface area contributed by atoms with E-state index in [1.165, 1.54) is 0 Å². The molecule has 0 aromatic heterocycles. The second-order valence-electron chi connectivity index (χ2n) is 4.43. The van der Waals surface area contributed by atoms with Crippen LogP contribution >= 0.6 is 0 Å². The standard InChI is InChI=1S/C9H15O3/c10-8-3-1-7-2-4-9(11,6-5-8)12(7)8/h7,10-11H,1-6H2/q+1. The molecule has 3 saturated heterocycles. The molecule has 0 aromatic carbocycles. The van der Waals surface area contributed by atoms with Gasteiger partial charge in [0.15, 0.2) is 6.10 Å². The van der Waals surface area contributed by atoms with Crippen molar-refractivity contribution in [2.24, 2.45) is 0 Å². The molecule has 0 amide bonds. The Balaban J connectivity index is 2.05. The van der Waals surface area contributed by atoms with E-state index in [2.05, 4.69) is 4.37 Å². The summed E-state index contributed by atoms with van der Waals surface area (Å²) in [5.41, 5.74) is 0. The first-order valence-electron chi connectivity index (χ1n) is 4.82. The van der Waals surface area contributed by atoms with Crippen LogP contribution in [0.1, 0.15) is 38.5 Å². The Hall–Kier alpha value is -0.120. The lowest BCUT2D eigenvalue weighted by molar-refractivity contribution is -0.406. The third-order valence-electron chi connectivity index (χ3n) is 3.77. The van der Waals surface area contributed by atoms with E-state index in [0.29, 0.717) is 6.10 Å². The molecule has 3 aliphatic rings. The van der Waals surface area contributed by atoms with Gasteiger partial charge in [-0.15, -0.1) is 0 Å². The first kappa shape index (κ1) is 7.30. The van der Waals surface area contributed by atoms with Gasteiger partial charge in [0.1, 0.15) is 0 Å². The summed E-state index contributed by atoms with van der Waals surface area (Å²) >= 11 is 0. The van der Waals surface area contributed by atoms with Crippen molar-refractivity contribution in [1.82, 2.24) is 0 Å². The monoisotopic (exact) mass is 171 g/mol. The Morgan fingerprint density at radius 3 is 1.92 bits per heavy atom. The molecule has 12 heavy (non-hydrogen) atoms. The fourth-order valence-electron chi connectivity index (χ4n) is 3.21. The topological polar surface area (TPSA) is 43.2 Å². The SMILES string of the molecule is OC12CCC3CCC(O)(CC1)[O+]32. The summed E-state index contributed by atoms with van der Waals surface area (Å²) in [5.74, 6) is -1.45. The summed E-state index contributed by atoms with van der Waals surface area (Å²) in [5, 5.41) is 20.2. The van der Waals surface area contributed by atoms with E-state index < -0.39 is 11.6 Å². The molecule has 68 valence electrons. The van der Waals surface area contributed by atoms with Crippen molar-refractivity contribution in [3.63, 3.8) is 0 Å². The third kappa shape index (κ3) is 0.640. The minimum atomic E-state index is -0.726. The molecule has 0 spiro atoms. The van der Waals surface area contributed by atoms with Gasteiger partial charge < -0.3 is 14.6 Å². The number of hydrogen-bond donors (Lipinski definition) is 2. The highest BCUT2D eigenvalue weighted by atomic mass is 16.9. The number of aliphatic hydroxyl groups is 2. The van der Waals surface area contributed by atoms with Gasteiger partial charge >= 0.3 is 0 Å². The van der Waals surface area contributed by atoms with Crippen molar-refractivity contribution in [2.45, 2.75) is 56.2 Å². The zero-order chi connectivity index (χ0) is 8.40. The highest BCUT2D eigenvalue weighted by Gasteiger charge is 2.70. The van der Waals surface area contributed by atoms with Crippen LogP contribution in [-0.4, -0.2) is 27.9 Å². The van der Waals surface area contributed by atoms with Gasteiger partial charge in [-0.1, -0.05) is 0 Å². The van der Waals surface area contributed by atoms with Crippen LogP contribution in [-0.2, 0) is 4.37 Å². The molecule has 2 N–H and O–H groups in total. The van der Waals surface area contributed by atoms with Crippen molar-refractivity contribution in [3.8, 4) is 0 Å². The summed E-state index contributed by atoms with van der Waals surface area (Å²) in [6.45, 7) is 0. The highest BCUT2D eigenvalue weighted by molar-refractivity contribution is 5.01. The van der Waals surface area contributed by atoms with Crippen molar-refractivity contribution >= 4 is 0 Å². The first-order valence-corrected chi connectivity index (χ1v) is 4.82. The van der Waals surface area contributed by atoms with Crippen molar-refractivity contribution in [2.75, 3.05) is 0 Å². The molecular weight excluding hydrogens is 156 g/mol. The molecular formula is C9H15O3+. The maximum atomic E-state index is 10.1. The van der Waals surface area contributed by atoms with Crippen molar-refractivity contribution in [1.29, 1.82) is 0 Å². The van der Waals surface area contributed by atoms with E-state index in [1.54, 1.807) is 0 Å². The predicted molar refractivity (Wildman–Crippen MR) is 42.5 cm³/mol. The van der Waals surface area contributed by atoms with Crippen LogP contribution in [0.5, 0.6) is 0 Å². The fraction of sp³-hybridized carbons (Fsp3) is 1.00. The maximum Gasteiger partial charge on any atom is 0.275 e. The minimum Gasteiger partial charge on any atom is -0.368 e. The molecule has 0 saturated carbocycles. The second kappa shape index (κ2) is 1.86. The van der Waals surface area contributed by atoms with Gasteiger partial charge in [-0.25, -0.2) is 0 Å². The maximum absolute atomic E-state index is 10.1. The Morgan fingerprint density at radius 2 is 1.42 bits per heavy atom. The molecule has 0 aromatic rings. The van der Waals surface area contributed by atoms with Crippen LogP contribution in [0.4, 0.5) is 0 Å². The molecule has 3 heterocycles. The van der Waals surface area contributed by atoms with E-state index >= 15 is 0 Å². The minimum absolute atomic E-state index is 0.377. The van der Waals surface area contributed by atoms with Gasteiger partial charge in [-0.05, 0) is 0 Å². The molecule has 3 aliphatic heterocycles. The van der Waals surface area contributed by atoms with E-state index in [0.717, 1.165) is 38.5 Å². The lowest BCUT2D eigenvalue weighted by Gasteiger charge is -2.29. The van der Waals surface area contributed by atoms with Crippen LogP contribution < -0.4 is 0 Å². The summed E-state index contributed by atoms with van der Waals surface area (Å²) < 4.78 is 2.87. The molecule has 2 unspecified atom stereocenters. The summed E-state index contributed by atoms with van der Waals surface area (Å²) in [7, 11) is 0. The molecule has 0 aliphatic carbocycles. The van der Waals surface area contributed by atoms with Crippen molar-refractivity contribution in [3.05, 3.63) is 0 Å². The van der Waals surface area contributed by atoms with Gasteiger partial charge in [0.25, 0.3) is 11.6 Å². The quantitative estimate of drug-likeness (QED) is 0.526. The Morgan fingerprint density at radius 1 is 0.917 bits per heavy atom.